The van der Waals surface area contributed by atoms with E-state index in [-0.39, 0.29) is 5.91 Å². The Balaban J connectivity index is 1.31. The first-order chi connectivity index (χ1) is 12.6. The zero-order valence-electron chi connectivity index (χ0n) is 15.2. The molecule has 2 aromatic heterocycles. The van der Waals surface area contributed by atoms with E-state index in [1.165, 1.54) is 17.7 Å². The van der Waals surface area contributed by atoms with Crippen molar-refractivity contribution in [2.45, 2.75) is 33.1 Å². The van der Waals surface area contributed by atoms with Crippen LogP contribution in [0.4, 0.5) is 5.82 Å². The van der Waals surface area contributed by atoms with Gasteiger partial charge in [-0.25, -0.2) is 9.97 Å². The van der Waals surface area contributed by atoms with Crippen molar-refractivity contribution in [3.8, 4) is 0 Å². The molecule has 0 aromatic carbocycles. The van der Waals surface area contributed by atoms with Gasteiger partial charge in [-0.2, -0.15) is 0 Å². The van der Waals surface area contributed by atoms with Crippen molar-refractivity contribution in [2.24, 2.45) is 11.8 Å². The van der Waals surface area contributed by atoms with Crippen molar-refractivity contribution in [3.05, 3.63) is 34.6 Å². The van der Waals surface area contributed by atoms with Crippen LogP contribution in [0, 0.1) is 25.7 Å². The number of amides is 1. The maximum Gasteiger partial charge on any atom is 0.276 e. The second-order valence-electron chi connectivity index (χ2n) is 7.83. The number of carbonyl (C=O) groups excluding carboxylic acids is 1. The Morgan fingerprint density at radius 3 is 2.58 bits per heavy atom. The van der Waals surface area contributed by atoms with Crippen molar-refractivity contribution in [1.29, 1.82) is 0 Å². The molecule has 2 aliphatic heterocycles. The quantitative estimate of drug-likeness (QED) is 0.819. The van der Waals surface area contributed by atoms with Gasteiger partial charge in [-0.15, -0.1) is 0 Å². The summed E-state index contributed by atoms with van der Waals surface area (Å²) in [5, 5.41) is 3.87. The Kier molecular flexibility index (Phi) is 3.52. The number of carbonyl (C=O) groups is 1. The largest absolute Gasteiger partial charge is 0.361 e. The Hall–Kier alpha value is -2.44. The summed E-state index contributed by atoms with van der Waals surface area (Å²) < 4.78 is 5.05. The molecule has 0 radical (unpaired) electrons. The van der Waals surface area contributed by atoms with Crippen LogP contribution >= 0.6 is 0 Å². The molecular formula is C19H23N5O2. The van der Waals surface area contributed by atoms with E-state index in [0.29, 0.717) is 23.3 Å². The van der Waals surface area contributed by atoms with E-state index in [1.807, 2.05) is 18.7 Å². The number of fused-ring (bicyclic) bond motifs is 2. The average molecular weight is 353 g/mol. The van der Waals surface area contributed by atoms with Crippen LogP contribution in [0.3, 0.4) is 0 Å². The number of nitrogens with zero attached hydrogens (tertiary/aromatic N) is 5. The van der Waals surface area contributed by atoms with Crippen molar-refractivity contribution in [1.82, 2.24) is 20.0 Å². The average Bonchev–Trinajstić information content (AvgIpc) is 3.35. The lowest BCUT2D eigenvalue weighted by Crippen LogP contribution is -2.34. The van der Waals surface area contributed by atoms with Gasteiger partial charge in [-0.05, 0) is 33.1 Å². The van der Waals surface area contributed by atoms with Crippen LogP contribution in [-0.4, -0.2) is 52.1 Å². The third-order valence-corrected chi connectivity index (χ3v) is 5.94. The number of hydrogen-bond donors (Lipinski definition) is 0. The van der Waals surface area contributed by atoms with Crippen molar-refractivity contribution in [3.63, 3.8) is 0 Å². The molecule has 2 atom stereocenters. The van der Waals surface area contributed by atoms with Gasteiger partial charge < -0.3 is 14.3 Å². The van der Waals surface area contributed by atoms with Gasteiger partial charge in [0.15, 0.2) is 5.69 Å². The molecule has 0 bridgehead atoms. The van der Waals surface area contributed by atoms with Crippen LogP contribution < -0.4 is 4.90 Å². The van der Waals surface area contributed by atoms with Gasteiger partial charge in [0.05, 0.1) is 0 Å². The lowest BCUT2D eigenvalue weighted by molar-refractivity contribution is 0.0772. The highest BCUT2D eigenvalue weighted by Crippen LogP contribution is 2.37. The second kappa shape index (κ2) is 5.79. The summed E-state index contributed by atoms with van der Waals surface area (Å²) >= 11 is 0. The molecule has 2 fully saturated rings. The van der Waals surface area contributed by atoms with Crippen LogP contribution in [-0.2, 0) is 12.8 Å². The van der Waals surface area contributed by atoms with Gasteiger partial charge in [0.25, 0.3) is 5.91 Å². The summed E-state index contributed by atoms with van der Waals surface area (Å²) in [6.07, 6.45) is 3.35. The van der Waals surface area contributed by atoms with Crippen molar-refractivity contribution >= 4 is 11.7 Å². The first-order valence-corrected chi connectivity index (χ1v) is 9.42. The van der Waals surface area contributed by atoms with E-state index >= 15 is 0 Å². The standard InChI is InChI=1S/C19H23N5O2/c1-11-6-17(22-26-11)19(25)24-9-13-7-23(8-14(13)10-24)18-15-4-3-5-16(15)20-12(2)21-18/h6,13-14H,3-5,7-10H2,1-2H3. The molecule has 7 nitrogen and oxygen atoms in total. The van der Waals surface area contributed by atoms with E-state index in [1.54, 1.807) is 6.07 Å². The zero-order valence-corrected chi connectivity index (χ0v) is 15.2. The number of anilines is 1. The molecule has 26 heavy (non-hydrogen) atoms. The van der Waals surface area contributed by atoms with Gasteiger partial charge in [-0.1, -0.05) is 5.16 Å². The van der Waals surface area contributed by atoms with E-state index in [2.05, 4.69) is 15.0 Å². The predicted octanol–water partition coefficient (Wildman–Crippen LogP) is 1.78. The summed E-state index contributed by atoms with van der Waals surface area (Å²) in [4.78, 5) is 26.4. The van der Waals surface area contributed by atoms with Gasteiger partial charge in [0.1, 0.15) is 17.4 Å². The Morgan fingerprint density at radius 2 is 1.88 bits per heavy atom. The third-order valence-electron chi connectivity index (χ3n) is 5.94. The van der Waals surface area contributed by atoms with Crippen LogP contribution in [0.2, 0.25) is 0 Å². The summed E-state index contributed by atoms with van der Waals surface area (Å²) in [5.74, 6) is 3.67. The molecule has 2 unspecified atom stereocenters. The Bertz CT molecular complexity index is 863. The Morgan fingerprint density at radius 1 is 1.12 bits per heavy atom. The Labute approximate surface area is 152 Å². The molecule has 0 spiro atoms. The summed E-state index contributed by atoms with van der Waals surface area (Å²) in [6.45, 7) is 7.31. The normalized spacial score (nSPS) is 24.2. The number of rotatable bonds is 2. The van der Waals surface area contributed by atoms with Crippen molar-refractivity contribution < 1.29 is 9.32 Å². The second-order valence-corrected chi connectivity index (χ2v) is 7.83. The molecule has 7 heteroatoms. The fourth-order valence-electron chi connectivity index (χ4n) is 4.76. The minimum absolute atomic E-state index is 0.0124. The molecule has 2 saturated heterocycles. The van der Waals surface area contributed by atoms with Crippen LogP contribution in [0.25, 0.3) is 0 Å². The third kappa shape index (κ3) is 2.48. The molecule has 0 saturated carbocycles. The van der Waals surface area contributed by atoms with Gasteiger partial charge >= 0.3 is 0 Å². The molecule has 4 heterocycles. The lowest BCUT2D eigenvalue weighted by atomic mass is 10.0. The molecular weight excluding hydrogens is 330 g/mol. The monoisotopic (exact) mass is 353 g/mol. The maximum absolute atomic E-state index is 12.6. The fraction of sp³-hybridized carbons (Fsp3) is 0.579. The molecule has 5 rings (SSSR count). The van der Waals surface area contributed by atoms with Crippen molar-refractivity contribution in [2.75, 3.05) is 31.1 Å². The highest BCUT2D eigenvalue weighted by atomic mass is 16.5. The maximum atomic E-state index is 12.6. The predicted molar refractivity (Wildman–Crippen MR) is 95.1 cm³/mol. The van der Waals surface area contributed by atoms with Gasteiger partial charge in [-0.3, -0.25) is 4.79 Å². The number of aryl methyl sites for hydroxylation is 3. The van der Waals surface area contributed by atoms with E-state index in [0.717, 1.165) is 50.7 Å². The minimum Gasteiger partial charge on any atom is -0.361 e. The van der Waals surface area contributed by atoms with E-state index in [9.17, 15) is 4.79 Å². The first kappa shape index (κ1) is 15.8. The molecule has 2 aromatic rings. The highest BCUT2D eigenvalue weighted by Gasteiger charge is 2.43. The number of hydrogen-bond acceptors (Lipinski definition) is 6. The summed E-state index contributed by atoms with van der Waals surface area (Å²) in [5.41, 5.74) is 3.01. The smallest absolute Gasteiger partial charge is 0.276 e. The minimum atomic E-state index is -0.0124. The lowest BCUT2D eigenvalue weighted by Gasteiger charge is -2.24. The molecule has 3 aliphatic rings. The fourth-order valence-corrected chi connectivity index (χ4v) is 4.76. The van der Waals surface area contributed by atoms with Gasteiger partial charge in [0.2, 0.25) is 0 Å². The van der Waals surface area contributed by atoms with Crippen LogP contribution in [0.15, 0.2) is 10.6 Å². The van der Waals surface area contributed by atoms with E-state index < -0.39 is 0 Å². The van der Waals surface area contributed by atoms with E-state index in [4.69, 9.17) is 9.51 Å². The first-order valence-electron chi connectivity index (χ1n) is 9.42. The van der Waals surface area contributed by atoms with Gasteiger partial charge in [0, 0.05) is 55.3 Å². The number of aromatic nitrogens is 3. The summed E-state index contributed by atoms with van der Waals surface area (Å²) in [6, 6.07) is 1.72. The number of likely N-dealkylation sites (tertiary alicyclic amines) is 1. The van der Waals surface area contributed by atoms with Crippen LogP contribution in [0.1, 0.15) is 39.8 Å². The topological polar surface area (TPSA) is 75.4 Å². The molecule has 1 aliphatic carbocycles. The molecule has 1 amide bonds. The zero-order chi connectivity index (χ0) is 17.8. The van der Waals surface area contributed by atoms with Crippen LogP contribution in [0.5, 0.6) is 0 Å². The molecule has 136 valence electrons. The summed E-state index contributed by atoms with van der Waals surface area (Å²) in [7, 11) is 0. The SMILES string of the molecule is Cc1nc2c(c(N3CC4CN(C(=O)c5cc(C)on5)CC4C3)n1)CCC2. The highest BCUT2D eigenvalue weighted by molar-refractivity contribution is 5.92. The molecule has 0 N–H and O–H groups in total.